The lowest BCUT2D eigenvalue weighted by atomic mass is 9.32. The van der Waals surface area contributed by atoms with Crippen LogP contribution in [0.25, 0.3) is 0 Å². The Balaban J connectivity index is 1.55. The number of ether oxygens (including phenoxy) is 1. The summed E-state index contributed by atoms with van der Waals surface area (Å²) < 4.78 is 6.82. The molecule has 4 nitrogen and oxygen atoms in total. The highest BCUT2D eigenvalue weighted by Gasteiger charge is 2.79. The van der Waals surface area contributed by atoms with Gasteiger partial charge in [0, 0.05) is 29.8 Å². The molecule has 0 aromatic rings. The highest BCUT2D eigenvalue weighted by molar-refractivity contribution is 5.30. The Kier molecular flexibility index (Phi) is 3.14. The molecule has 2 N–H and O–H groups in total. The molecule has 8 aliphatic rings. The summed E-state index contributed by atoms with van der Waals surface area (Å²) in [6, 6.07) is 0. The third-order valence-electron chi connectivity index (χ3n) is 9.88. The minimum absolute atomic E-state index is 0.0405. The quantitative estimate of drug-likeness (QED) is 0.744. The van der Waals surface area contributed by atoms with Crippen molar-refractivity contribution in [3.05, 3.63) is 12.2 Å². The van der Waals surface area contributed by atoms with E-state index in [4.69, 9.17) is 4.74 Å². The van der Waals surface area contributed by atoms with Crippen molar-refractivity contribution in [3.63, 3.8) is 0 Å². The van der Waals surface area contributed by atoms with Crippen LogP contribution in [0.3, 0.4) is 0 Å². The summed E-state index contributed by atoms with van der Waals surface area (Å²) in [4.78, 5) is 2.44. The lowest BCUT2D eigenvalue weighted by Gasteiger charge is -2.80. The molecule has 7 bridgehead atoms. The monoisotopic (exact) mass is 359 g/mol. The van der Waals surface area contributed by atoms with Gasteiger partial charge in [0.05, 0.1) is 18.8 Å². The largest absolute Gasteiger partial charge is 0.395 e. The normalized spacial score (nSPS) is 60.2. The van der Waals surface area contributed by atoms with Crippen LogP contribution < -0.4 is 0 Å². The average Bonchev–Trinajstić information content (AvgIpc) is 2.60. The molecule has 2 spiro atoms. The van der Waals surface area contributed by atoms with Crippen molar-refractivity contribution in [1.82, 2.24) is 4.90 Å². The number of hydrogen-bond donors (Lipinski definition) is 2. The van der Waals surface area contributed by atoms with Crippen LogP contribution in [0.5, 0.6) is 0 Å². The van der Waals surface area contributed by atoms with Crippen molar-refractivity contribution in [3.8, 4) is 0 Å². The van der Waals surface area contributed by atoms with Crippen LogP contribution in [0.15, 0.2) is 12.2 Å². The third kappa shape index (κ3) is 1.60. The van der Waals surface area contributed by atoms with E-state index in [2.05, 4.69) is 18.4 Å². The Morgan fingerprint density at radius 3 is 2.92 bits per heavy atom. The van der Waals surface area contributed by atoms with Gasteiger partial charge in [-0.15, -0.1) is 0 Å². The fourth-order valence-electron chi connectivity index (χ4n) is 9.40. The van der Waals surface area contributed by atoms with Crippen molar-refractivity contribution < 1.29 is 14.9 Å². The van der Waals surface area contributed by atoms with Gasteiger partial charge in [0.15, 0.2) is 0 Å². The van der Waals surface area contributed by atoms with E-state index >= 15 is 0 Å². The highest BCUT2D eigenvalue weighted by atomic mass is 16.5. The molecule has 0 aromatic carbocycles. The first-order valence-electron chi connectivity index (χ1n) is 10.8. The van der Waals surface area contributed by atoms with E-state index in [0.29, 0.717) is 24.3 Å². The zero-order valence-corrected chi connectivity index (χ0v) is 16.0. The van der Waals surface area contributed by atoms with Crippen molar-refractivity contribution >= 4 is 0 Å². The molecule has 3 aliphatic heterocycles. The van der Waals surface area contributed by atoms with Crippen LogP contribution in [0, 0.1) is 34.0 Å². The lowest BCUT2D eigenvalue weighted by molar-refractivity contribution is -0.421. The maximum absolute atomic E-state index is 11.6. The second kappa shape index (κ2) is 4.94. The van der Waals surface area contributed by atoms with Crippen molar-refractivity contribution in [2.45, 2.75) is 70.3 Å². The Morgan fingerprint density at radius 1 is 1.31 bits per heavy atom. The molecule has 5 saturated carbocycles. The SMILES string of the molecule is C=C1C[C@]23CC[C@H]1C[C@H]2[C@@]12CCC[C@@]4(C)CN(CCO)C1O[C@@H]3[C@@H](O)[C@H]42. The van der Waals surface area contributed by atoms with E-state index in [1.165, 1.54) is 44.1 Å². The number of β-amino-alcohol motifs (C(OH)–C–C–N with tert-alkyl or cyclic N) is 1. The van der Waals surface area contributed by atoms with E-state index in [0.717, 1.165) is 13.0 Å². The Morgan fingerprint density at radius 2 is 2.15 bits per heavy atom. The molecule has 9 atom stereocenters. The topological polar surface area (TPSA) is 52.9 Å². The summed E-state index contributed by atoms with van der Waals surface area (Å²) in [5, 5.41) is 21.3. The van der Waals surface area contributed by atoms with E-state index in [-0.39, 0.29) is 41.3 Å². The van der Waals surface area contributed by atoms with Gasteiger partial charge in [-0.25, -0.2) is 0 Å². The van der Waals surface area contributed by atoms with Crippen LogP contribution in [0.1, 0.15) is 51.9 Å². The van der Waals surface area contributed by atoms with Gasteiger partial charge in [0.1, 0.15) is 6.23 Å². The Bertz CT molecular complexity index is 666. The number of rotatable bonds is 2. The summed E-state index contributed by atoms with van der Waals surface area (Å²) in [5.41, 5.74) is 1.77. The number of piperidine rings is 1. The molecule has 0 aromatic heterocycles. The molecule has 4 heteroatoms. The number of hydrogen-bond acceptors (Lipinski definition) is 4. The molecule has 5 aliphatic carbocycles. The van der Waals surface area contributed by atoms with Crippen LogP contribution >= 0.6 is 0 Å². The number of likely N-dealkylation sites (tertiary alicyclic amines) is 1. The molecule has 0 amide bonds. The zero-order valence-electron chi connectivity index (χ0n) is 16.0. The summed E-state index contributed by atoms with van der Waals surface area (Å²) in [6.45, 7) is 8.69. The van der Waals surface area contributed by atoms with Gasteiger partial charge < -0.3 is 14.9 Å². The first-order chi connectivity index (χ1) is 12.5. The first-order valence-corrected chi connectivity index (χ1v) is 10.8. The number of fused-ring (bicyclic) bond motifs is 2. The summed E-state index contributed by atoms with van der Waals surface area (Å²) in [6.07, 6.45) is 8.17. The zero-order chi connectivity index (χ0) is 17.9. The first kappa shape index (κ1) is 16.5. The minimum atomic E-state index is -0.327. The van der Waals surface area contributed by atoms with Gasteiger partial charge in [-0.2, -0.15) is 0 Å². The average molecular weight is 360 g/mol. The van der Waals surface area contributed by atoms with Gasteiger partial charge in [0.2, 0.25) is 0 Å². The maximum Gasteiger partial charge on any atom is 0.117 e. The van der Waals surface area contributed by atoms with Gasteiger partial charge in [0.25, 0.3) is 0 Å². The fraction of sp³-hybridized carbons (Fsp3) is 0.909. The predicted molar refractivity (Wildman–Crippen MR) is 98.2 cm³/mol. The molecule has 1 unspecified atom stereocenters. The second-order valence-corrected chi connectivity index (χ2v) is 10.8. The van der Waals surface area contributed by atoms with Crippen molar-refractivity contribution in [2.75, 3.05) is 19.7 Å². The highest BCUT2D eigenvalue weighted by Crippen LogP contribution is 2.78. The Hall–Kier alpha value is -0.420. The molecule has 8 rings (SSSR count). The molecular formula is C22H33NO3. The molecule has 3 saturated heterocycles. The van der Waals surface area contributed by atoms with Gasteiger partial charge in [-0.3, -0.25) is 4.90 Å². The third-order valence-corrected chi connectivity index (χ3v) is 9.88. The van der Waals surface area contributed by atoms with Crippen molar-refractivity contribution in [2.24, 2.45) is 34.0 Å². The molecule has 0 radical (unpaired) electrons. The second-order valence-electron chi connectivity index (χ2n) is 10.8. The molecule has 8 fully saturated rings. The standard InChI is InChI=1S/C22H33NO3/c1-13-11-21-7-4-14(13)10-15(21)22-6-3-5-20(2)12-23(8-9-24)19(22)26-18(21)16(25)17(20)22/h14-19,24-25H,1,3-12H2,2H3/t14-,15+,16-,17+,18+,19?,20-,21+,22+/m0/s1. The Labute approximate surface area is 156 Å². The van der Waals surface area contributed by atoms with E-state index in [9.17, 15) is 10.2 Å². The van der Waals surface area contributed by atoms with E-state index in [1.54, 1.807) is 0 Å². The van der Waals surface area contributed by atoms with Crippen LogP contribution in [0.2, 0.25) is 0 Å². The smallest absolute Gasteiger partial charge is 0.117 e. The molecule has 3 heterocycles. The molecule has 26 heavy (non-hydrogen) atoms. The molecular weight excluding hydrogens is 326 g/mol. The van der Waals surface area contributed by atoms with Crippen LogP contribution in [-0.2, 0) is 4.74 Å². The van der Waals surface area contributed by atoms with Gasteiger partial charge >= 0.3 is 0 Å². The summed E-state index contributed by atoms with van der Waals surface area (Å²) >= 11 is 0. The number of aliphatic hydroxyl groups is 2. The van der Waals surface area contributed by atoms with Gasteiger partial charge in [-0.1, -0.05) is 25.5 Å². The maximum atomic E-state index is 11.6. The minimum Gasteiger partial charge on any atom is -0.395 e. The predicted octanol–water partition coefficient (Wildman–Crippen LogP) is 2.55. The fourth-order valence-corrected chi connectivity index (χ4v) is 9.40. The van der Waals surface area contributed by atoms with E-state index < -0.39 is 0 Å². The number of nitrogens with zero attached hydrogens (tertiary/aromatic N) is 1. The van der Waals surface area contributed by atoms with Crippen LogP contribution in [0.4, 0.5) is 0 Å². The summed E-state index contributed by atoms with van der Waals surface area (Å²) in [5.74, 6) is 1.72. The molecule has 144 valence electrons. The summed E-state index contributed by atoms with van der Waals surface area (Å²) in [7, 11) is 0. The van der Waals surface area contributed by atoms with E-state index in [1.807, 2.05) is 0 Å². The van der Waals surface area contributed by atoms with Crippen molar-refractivity contribution in [1.29, 1.82) is 0 Å². The van der Waals surface area contributed by atoms with Gasteiger partial charge in [-0.05, 0) is 55.8 Å². The lowest BCUT2D eigenvalue weighted by Crippen LogP contribution is -2.84. The van der Waals surface area contributed by atoms with Crippen LogP contribution in [-0.4, -0.2) is 53.2 Å². The number of aliphatic hydroxyl groups excluding tert-OH is 2. The number of allylic oxidation sites excluding steroid dienone is 1.